The van der Waals surface area contributed by atoms with Crippen LogP contribution in [0.4, 0.5) is 0 Å². The summed E-state index contributed by atoms with van der Waals surface area (Å²) in [6.45, 7) is 4.32. The Labute approximate surface area is 128 Å². The van der Waals surface area contributed by atoms with E-state index in [1.807, 2.05) is 38.1 Å². The lowest BCUT2D eigenvalue weighted by molar-refractivity contribution is -0.119. The van der Waals surface area contributed by atoms with Crippen molar-refractivity contribution in [3.8, 4) is 0 Å². The van der Waals surface area contributed by atoms with Crippen LogP contribution in [0.2, 0.25) is 0 Å². The number of para-hydroxylation sites is 2. The first-order valence-electron chi connectivity index (χ1n) is 6.74. The minimum atomic E-state index is -0.0288. The summed E-state index contributed by atoms with van der Waals surface area (Å²) >= 11 is 1.40. The van der Waals surface area contributed by atoms with E-state index in [0.29, 0.717) is 12.4 Å². The number of hydrogen-bond acceptors (Lipinski definition) is 5. The van der Waals surface area contributed by atoms with Gasteiger partial charge >= 0.3 is 0 Å². The third-order valence-electron chi connectivity index (χ3n) is 2.87. The fourth-order valence-corrected chi connectivity index (χ4v) is 2.72. The van der Waals surface area contributed by atoms with Crippen LogP contribution in [0.15, 0.2) is 29.3 Å². The van der Waals surface area contributed by atoms with E-state index in [0.717, 1.165) is 21.8 Å². The van der Waals surface area contributed by atoms with Crippen molar-refractivity contribution in [3.63, 3.8) is 0 Å². The summed E-state index contributed by atoms with van der Waals surface area (Å²) in [5, 5.41) is 3.67. The molecule has 6 heteroatoms. The van der Waals surface area contributed by atoms with Crippen molar-refractivity contribution < 1.29 is 9.53 Å². The predicted octanol–water partition coefficient (Wildman–Crippen LogP) is 2.18. The van der Waals surface area contributed by atoms with Gasteiger partial charge in [-0.3, -0.25) is 4.79 Å². The average molecular weight is 305 g/mol. The molecule has 1 heterocycles. The maximum atomic E-state index is 11.8. The lowest BCUT2D eigenvalue weighted by Crippen LogP contribution is -2.36. The largest absolute Gasteiger partial charge is 0.383 e. The Morgan fingerprint density at radius 1 is 1.33 bits per heavy atom. The molecule has 0 radical (unpaired) electrons. The molecule has 5 nitrogen and oxygen atoms in total. The van der Waals surface area contributed by atoms with Crippen LogP contribution in [0, 0.1) is 6.92 Å². The van der Waals surface area contributed by atoms with Crippen molar-refractivity contribution in [2.45, 2.75) is 24.9 Å². The van der Waals surface area contributed by atoms with Crippen LogP contribution in [0.25, 0.3) is 11.0 Å². The number of nitrogens with one attached hydrogen (secondary N) is 1. The van der Waals surface area contributed by atoms with Gasteiger partial charge in [-0.25, -0.2) is 9.97 Å². The number of thioether (sulfide) groups is 1. The molecule has 2 aromatic rings. The third-order valence-corrected chi connectivity index (χ3v) is 3.93. The van der Waals surface area contributed by atoms with Gasteiger partial charge in [0.15, 0.2) is 0 Å². The van der Waals surface area contributed by atoms with Crippen LogP contribution in [0.1, 0.15) is 12.6 Å². The number of carbonyl (C=O) groups is 1. The van der Waals surface area contributed by atoms with Crippen molar-refractivity contribution in [2.24, 2.45) is 0 Å². The van der Waals surface area contributed by atoms with Gasteiger partial charge in [-0.05, 0) is 26.0 Å². The number of fused-ring (bicyclic) bond motifs is 1. The van der Waals surface area contributed by atoms with Gasteiger partial charge in [0.1, 0.15) is 5.03 Å². The van der Waals surface area contributed by atoms with Gasteiger partial charge in [-0.15, -0.1) is 0 Å². The zero-order chi connectivity index (χ0) is 15.2. The highest BCUT2D eigenvalue weighted by Gasteiger charge is 2.10. The second-order valence-electron chi connectivity index (χ2n) is 4.82. The highest BCUT2D eigenvalue weighted by Crippen LogP contribution is 2.21. The molecule has 21 heavy (non-hydrogen) atoms. The van der Waals surface area contributed by atoms with Crippen molar-refractivity contribution in [1.82, 2.24) is 15.3 Å². The average Bonchev–Trinajstić information content (AvgIpc) is 2.45. The standard InChI is InChI=1S/C15H19N3O2S/c1-10(8-20-3)16-14(19)9-21-15-11(2)17-12-6-4-5-7-13(12)18-15/h4-7,10H,8-9H2,1-3H3,(H,16,19). The molecule has 1 aromatic carbocycles. The van der Waals surface area contributed by atoms with Gasteiger partial charge in [0.25, 0.3) is 0 Å². The number of aryl methyl sites for hydroxylation is 1. The van der Waals surface area contributed by atoms with E-state index < -0.39 is 0 Å². The highest BCUT2D eigenvalue weighted by molar-refractivity contribution is 7.99. The Kier molecular flexibility index (Phi) is 5.52. The third kappa shape index (κ3) is 4.41. The number of benzene rings is 1. The first-order chi connectivity index (χ1) is 10.1. The van der Waals surface area contributed by atoms with E-state index in [-0.39, 0.29) is 11.9 Å². The Hall–Kier alpha value is -1.66. The van der Waals surface area contributed by atoms with Gasteiger partial charge < -0.3 is 10.1 Å². The first-order valence-corrected chi connectivity index (χ1v) is 7.73. The zero-order valence-corrected chi connectivity index (χ0v) is 13.2. The molecule has 0 spiro atoms. The number of carbonyl (C=O) groups excluding carboxylic acids is 1. The Balaban J connectivity index is 2.00. The number of amides is 1. The molecule has 0 fully saturated rings. The van der Waals surface area contributed by atoms with Crippen molar-refractivity contribution in [1.29, 1.82) is 0 Å². The Bertz CT molecular complexity index is 633. The van der Waals surface area contributed by atoms with Gasteiger partial charge in [-0.1, -0.05) is 23.9 Å². The van der Waals surface area contributed by atoms with Crippen LogP contribution < -0.4 is 5.32 Å². The maximum Gasteiger partial charge on any atom is 0.230 e. The molecule has 2 rings (SSSR count). The number of hydrogen-bond donors (Lipinski definition) is 1. The van der Waals surface area contributed by atoms with Crippen molar-refractivity contribution in [3.05, 3.63) is 30.0 Å². The molecular formula is C15H19N3O2S. The number of nitrogens with zero attached hydrogens (tertiary/aromatic N) is 2. The van der Waals surface area contributed by atoms with Crippen LogP contribution >= 0.6 is 11.8 Å². The minimum Gasteiger partial charge on any atom is -0.383 e. The molecule has 0 aliphatic carbocycles. The summed E-state index contributed by atoms with van der Waals surface area (Å²) in [6, 6.07) is 7.73. The molecule has 0 aliphatic rings. The second-order valence-corrected chi connectivity index (χ2v) is 5.78. The summed E-state index contributed by atoms with van der Waals surface area (Å²) in [4.78, 5) is 20.9. The zero-order valence-electron chi connectivity index (χ0n) is 12.4. The molecular weight excluding hydrogens is 286 g/mol. The van der Waals surface area contributed by atoms with Crippen LogP contribution in [0.3, 0.4) is 0 Å². The minimum absolute atomic E-state index is 0.00637. The predicted molar refractivity (Wildman–Crippen MR) is 84.5 cm³/mol. The molecule has 0 saturated carbocycles. The number of methoxy groups -OCH3 is 1. The highest BCUT2D eigenvalue weighted by atomic mass is 32.2. The molecule has 1 aromatic heterocycles. The molecule has 1 unspecified atom stereocenters. The molecule has 112 valence electrons. The summed E-state index contributed by atoms with van der Waals surface area (Å²) in [5.74, 6) is 0.293. The quantitative estimate of drug-likeness (QED) is 0.829. The number of ether oxygens (including phenoxy) is 1. The molecule has 0 saturated heterocycles. The lowest BCUT2D eigenvalue weighted by atomic mass is 10.3. The molecule has 1 amide bonds. The Morgan fingerprint density at radius 2 is 2.00 bits per heavy atom. The summed E-state index contributed by atoms with van der Waals surface area (Å²) in [7, 11) is 1.62. The monoisotopic (exact) mass is 305 g/mol. The van der Waals surface area contributed by atoms with Crippen LogP contribution in [-0.4, -0.2) is 41.4 Å². The Morgan fingerprint density at radius 3 is 2.67 bits per heavy atom. The van der Waals surface area contributed by atoms with E-state index in [4.69, 9.17) is 4.74 Å². The summed E-state index contributed by atoms with van der Waals surface area (Å²) < 4.78 is 4.99. The fourth-order valence-electron chi connectivity index (χ4n) is 1.95. The van der Waals surface area contributed by atoms with Crippen LogP contribution in [0.5, 0.6) is 0 Å². The smallest absolute Gasteiger partial charge is 0.230 e. The second kappa shape index (κ2) is 7.38. The van der Waals surface area contributed by atoms with Gasteiger partial charge in [0, 0.05) is 13.2 Å². The number of rotatable bonds is 6. The summed E-state index contributed by atoms with van der Waals surface area (Å²) in [5.41, 5.74) is 2.56. The van der Waals surface area contributed by atoms with Gasteiger partial charge in [-0.2, -0.15) is 0 Å². The topological polar surface area (TPSA) is 64.1 Å². The van der Waals surface area contributed by atoms with Crippen LogP contribution in [-0.2, 0) is 9.53 Å². The van der Waals surface area contributed by atoms with Gasteiger partial charge in [0.2, 0.25) is 5.91 Å². The maximum absolute atomic E-state index is 11.8. The van der Waals surface area contributed by atoms with Crippen molar-refractivity contribution in [2.75, 3.05) is 19.5 Å². The van der Waals surface area contributed by atoms with E-state index >= 15 is 0 Å². The first kappa shape index (κ1) is 15.7. The number of aromatic nitrogens is 2. The molecule has 1 atom stereocenters. The fraction of sp³-hybridized carbons (Fsp3) is 0.400. The van der Waals surface area contributed by atoms with E-state index in [1.54, 1.807) is 7.11 Å². The van der Waals surface area contributed by atoms with Crippen molar-refractivity contribution >= 4 is 28.7 Å². The summed E-state index contributed by atoms with van der Waals surface area (Å²) in [6.07, 6.45) is 0. The van der Waals surface area contributed by atoms with Gasteiger partial charge in [0.05, 0.1) is 29.1 Å². The van der Waals surface area contributed by atoms with E-state index in [2.05, 4.69) is 15.3 Å². The lowest BCUT2D eigenvalue weighted by Gasteiger charge is -2.12. The molecule has 0 aliphatic heterocycles. The molecule has 0 bridgehead atoms. The van der Waals surface area contributed by atoms with E-state index in [9.17, 15) is 4.79 Å². The normalized spacial score (nSPS) is 12.3. The SMILES string of the molecule is COCC(C)NC(=O)CSc1nc2ccccc2nc1C. The van der Waals surface area contributed by atoms with E-state index in [1.165, 1.54) is 11.8 Å². The molecule has 1 N–H and O–H groups in total.